The quantitative estimate of drug-likeness (QED) is 0.345. The highest BCUT2D eigenvalue weighted by molar-refractivity contribution is 5.86. The summed E-state index contributed by atoms with van der Waals surface area (Å²) in [5.41, 5.74) is 4.34. The second-order valence-corrected chi connectivity index (χ2v) is 8.37. The van der Waals surface area contributed by atoms with Gasteiger partial charge in [-0.3, -0.25) is 9.59 Å². The number of hydrogen-bond donors (Lipinski definition) is 4. The molecule has 0 saturated heterocycles. The van der Waals surface area contributed by atoms with Crippen LogP contribution in [0.25, 0.3) is 11.1 Å². The highest BCUT2D eigenvalue weighted by atomic mass is 16.5. The molecule has 1 aromatic heterocycles. The fraction of sp³-hybridized carbons (Fsp3) is 0.333. The van der Waals surface area contributed by atoms with Crippen LogP contribution >= 0.6 is 0 Å². The first kappa shape index (κ1) is 23.9. The number of nitrogens with zero attached hydrogens (tertiary/aromatic N) is 3. The average molecular weight is 479 g/mol. The van der Waals surface area contributed by atoms with E-state index in [2.05, 4.69) is 31.3 Å². The summed E-state index contributed by atoms with van der Waals surface area (Å²) in [5.74, 6) is -1.52. The Labute approximate surface area is 201 Å². The summed E-state index contributed by atoms with van der Waals surface area (Å²) in [6, 6.07) is 14.8. The summed E-state index contributed by atoms with van der Waals surface area (Å²) in [7, 11) is 0. The van der Waals surface area contributed by atoms with Gasteiger partial charge in [0.25, 0.3) is 0 Å². The molecule has 1 aliphatic carbocycles. The van der Waals surface area contributed by atoms with Gasteiger partial charge in [0.15, 0.2) is 5.82 Å². The third-order valence-corrected chi connectivity index (χ3v) is 5.98. The van der Waals surface area contributed by atoms with Gasteiger partial charge in [-0.2, -0.15) is 5.21 Å². The van der Waals surface area contributed by atoms with Crippen molar-refractivity contribution >= 4 is 18.0 Å². The van der Waals surface area contributed by atoms with E-state index >= 15 is 0 Å². The Balaban J connectivity index is 1.37. The van der Waals surface area contributed by atoms with Gasteiger partial charge >= 0.3 is 12.1 Å². The van der Waals surface area contributed by atoms with E-state index in [1.165, 1.54) is 0 Å². The number of aromatic amines is 1. The number of aliphatic carboxylic acids is 1. The Bertz CT molecular complexity index is 1150. The van der Waals surface area contributed by atoms with E-state index in [1.54, 1.807) is 6.92 Å². The zero-order chi connectivity index (χ0) is 24.8. The Morgan fingerprint density at radius 1 is 1.09 bits per heavy atom. The summed E-state index contributed by atoms with van der Waals surface area (Å²) in [4.78, 5) is 36.4. The molecule has 2 atom stereocenters. The maximum Gasteiger partial charge on any atom is 0.407 e. The van der Waals surface area contributed by atoms with Gasteiger partial charge < -0.3 is 20.5 Å². The molecule has 182 valence electrons. The highest BCUT2D eigenvalue weighted by Crippen LogP contribution is 2.44. The third-order valence-electron chi connectivity index (χ3n) is 5.98. The van der Waals surface area contributed by atoms with Crippen molar-refractivity contribution in [1.82, 2.24) is 31.3 Å². The predicted octanol–water partition coefficient (Wildman–Crippen LogP) is 2.19. The van der Waals surface area contributed by atoms with Crippen LogP contribution in [0.1, 0.15) is 48.6 Å². The van der Waals surface area contributed by atoms with Crippen molar-refractivity contribution in [2.45, 2.75) is 37.6 Å². The molecule has 2 aromatic carbocycles. The molecule has 4 rings (SSSR count). The normalized spacial score (nSPS) is 13.9. The van der Waals surface area contributed by atoms with Crippen LogP contribution in [0.2, 0.25) is 0 Å². The van der Waals surface area contributed by atoms with Crippen molar-refractivity contribution in [2.75, 3.05) is 13.2 Å². The minimum Gasteiger partial charge on any atom is -0.481 e. The number of carbonyl (C=O) groups is 3. The number of benzene rings is 2. The number of nitrogens with one attached hydrogen (secondary N) is 3. The number of hydrogen-bond acceptors (Lipinski definition) is 7. The standard InChI is InChI=1S/C24H26N6O5/c1-14(22-27-29-30-28-22)12-25-23(33)20(10-11-21(31)32)26-24(34)35-13-19-17-8-4-2-6-15(17)16-7-3-5-9-18(16)19/h2-9,14,19-20H,10-13H2,1H3,(H,25,33)(H,26,34)(H,31,32)(H,27,28,29,30). The van der Waals surface area contributed by atoms with E-state index in [0.717, 1.165) is 22.3 Å². The molecule has 3 aromatic rings. The van der Waals surface area contributed by atoms with Gasteiger partial charge in [-0.25, -0.2) is 4.79 Å². The zero-order valence-electron chi connectivity index (χ0n) is 19.1. The second-order valence-electron chi connectivity index (χ2n) is 8.37. The highest BCUT2D eigenvalue weighted by Gasteiger charge is 2.30. The largest absolute Gasteiger partial charge is 0.481 e. The number of tetrazole rings is 1. The Hall–Kier alpha value is -4.28. The third kappa shape index (κ3) is 5.62. The number of carbonyl (C=O) groups excluding carboxylic acids is 2. The second kappa shape index (κ2) is 10.8. The minimum absolute atomic E-state index is 0.0814. The van der Waals surface area contributed by atoms with E-state index in [0.29, 0.717) is 5.82 Å². The molecule has 0 saturated carbocycles. The van der Waals surface area contributed by atoms with Crippen LogP contribution in [0.3, 0.4) is 0 Å². The van der Waals surface area contributed by atoms with Crippen LogP contribution in [0.15, 0.2) is 48.5 Å². The number of rotatable bonds is 10. The molecule has 11 nitrogen and oxygen atoms in total. The lowest BCUT2D eigenvalue weighted by atomic mass is 9.98. The van der Waals surface area contributed by atoms with Crippen LogP contribution < -0.4 is 10.6 Å². The molecule has 1 aliphatic rings. The predicted molar refractivity (Wildman–Crippen MR) is 124 cm³/mol. The fourth-order valence-corrected chi connectivity index (χ4v) is 4.17. The van der Waals surface area contributed by atoms with E-state index < -0.39 is 24.0 Å². The molecule has 2 amide bonds. The topological polar surface area (TPSA) is 159 Å². The molecule has 0 radical (unpaired) electrons. The molecule has 0 fully saturated rings. The van der Waals surface area contributed by atoms with Crippen molar-refractivity contribution in [1.29, 1.82) is 0 Å². The number of alkyl carbamates (subject to hydrolysis) is 1. The van der Waals surface area contributed by atoms with Gasteiger partial charge in [-0.05, 0) is 28.7 Å². The van der Waals surface area contributed by atoms with Crippen LogP contribution in [-0.2, 0) is 14.3 Å². The molecular formula is C24H26N6O5. The van der Waals surface area contributed by atoms with Crippen LogP contribution in [0, 0.1) is 0 Å². The first-order valence-corrected chi connectivity index (χ1v) is 11.3. The SMILES string of the molecule is CC(CNC(=O)C(CCC(=O)O)NC(=O)OCC1c2ccccc2-c2ccccc21)c1nn[nH]n1. The number of carboxylic acids is 1. The lowest BCUT2D eigenvalue weighted by Crippen LogP contribution is -2.48. The van der Waals surface area contributed by atoms with Crippen LogP contribution in [-0.4, -0.2) is 62.9 Å². The number of fused-ring (bicyclic) bond motifs is 3. The van der Waals surface area contributed by atoms with E-state index in [9.17, 15) is 14.4 Å². The molecule has 2 unspecified atom stereocenters. The maximum atomic E-state index is 12.7. The fourth-order valence-electron chi connectivity index (χ4n) is 4.17. The average Bonchev–Trinajstić information content (AvgIpc) is 3.50. The van der Waals surface area contributed by atoms with Gasteiger partial charge in [0.1, 0.15) is 12.6 Å². The summed E-state index contributed by atoms with van der Waals surface area (Å²) in [5, 5.41) is 27.9. The van der Waals surface area contributed by atoms with Crippen molar-refractivity contribution in [3.05, 3.63) is 65.5 Å². The van der Waals surface area contributed by atoms with Gasteiger partial charge in [0, 0.05) is 24.8 Å². The monoisotopic (exact) mass is 478 g/mol. The summed E-state index contributed by atoms with van der Waals surface area (Å²) >= 11 is 0. The minimum atomic E-state index is -1.07. The van der Waals surface area contributed by atoms with Gasteiger partial charge in [-0.1, -0.05) is 60.7 Å². The van der Waals surface area contributed by atoms with Gasteiger partial charge in [0.05, 0.1) is 0 Å². The molecule has 4 N–H and O–H groups in total. The molecule has 0 aliphatic heterocycles. The number of H-pyrrole nitrogens is 1. The van der Waals surface area contributed by atoms with Gasteiger partial charge in [0.2, 0.25) is 5.91 Å². The molecule has 11 heteroatoms. The van der Waals surface area contributed by atoms with E-state index in [-0.39, 0.29) is 37.8 Å². The lowest BCUT2D eigenvalue weighted by Gasteiger charge is -2.20. The van der Waals surface area contributed by atoms with Crippen molar-refractivity contribution < 1.29 is 24.2 Å². The Morgan fingerprint density at radius 2 is 1.74 bits per heavy atom. The van der Waals surface area contributed by atoms with E-state index in [4.69, 9.17) is 9.84 Å². The Morgan fingerprint density at radius 3 is 2.34 bits per heavy atom. The van der Waals surface area contributed by atoms with Crippen molar-refractivity contribution in [2.24, 2.45) is 0 Å². The molecule has 1 heterocycles. The summed E-state index contributed by atoms with van der Waals surface area (Å²) in [6.45, 7) is 2.08. The van der Waals surface area contributed by atoms with Crippen LogP contribution in [0.4, 0.5) is 4.79 Å². The number of ether oxygens (including phenoxy) is 1. The molecular weight excluding hydrogens is 452 g/mol. The van der Waals surface area contributed by atoms with Crippen molar-refractivity contribution in [3.8, 4) is 11.1 Å². The number of amides is 2. The van der Waals surface area contributed by atoms with E-state index in [1.807, 2.05) is 48.5 Å². The zero-order valence-corrected chi connectivity index (χ0v) is 19.1. The maximum absolute atomic E-state index is 12.7. The molecule has 0 bridgehead atoms. The first-order valence-electron chi connectivity index (χ1n) is 11.3. The Kier molecular flexibility index (Phi) is 7.34. The molecule has 0 spiro atoms. The van der Waals surface area contributed by atoms with Crippen LogP contribution in [0.5, 0.6) is 0 Å². The summed E-state index contributed by atoms with van der Waals surface area (Å²) < 4.78 is 5.50. The molecule has 35 heavy (non-hydrogen) atoms. The smallest absolute Gasteiger partial charge is 0.407 e. The lowest BCUT2D eigenvalue weighted by molar-refractivity contribution is -0.137. The van der Waals surface area contributed by atoms with Crippen molar-refractivity contribution in [3.63, 3.8) is 0 Å². The first-order chi connectivity index (χ1) is 16.9. The van der Waals surface area contributed by atoms with Gasteiger partial charge in [-0.15, -0.1) is 10.2 Å². The summed E-state index contributed by atoms with van der Waals surface area (Å²) in [6.07, 6.45) is -1.16. The number of carboxylic acid groups (broad SMARTS) is 1. The number of aromatic nitrogens is 4.